The lowest BCUT2D eigenvalue weighted by molar-refractivity contribution is -0.136. The molecule has 2 N–H and O–H groups in total. The molecule has 1 atom stereocenters. The minimum atomic E-state index is -0.956. The number of nitrogens with zero attached hydrogens (tertiary/aromatic N) is 2. The van der Waals surface area contributed by atoms with Crippen LogP contribution in [-0.2, 0) is 23.5 Å². The van der Waals surface area contributed by atoms with Gasteiger partial charge in [0, 0.05) is 52.7 Å². The van der Waals surface area contributed by atoms with Crippen LogP contribution >= 0.6 is 11.8 Å². The quantitative estimate of drug-likeness (QED) is 0.210. The van der Waals surface area contributed by atoms with Gasteiger partial charge >= 0.3 is 5.97 Å². The number of aromatic nitrogens is 2. The molecule has 1 aliphatic rings. The number of Topliss-reactive ketones (excluding diaryl/α,β-unsaturated/α-hetero) is 1. The number of imidazole rings is 1. The summed E-state index contributed by atoms with van der Waals surface area (Å²) in [4.78, 5) is 40.9. The molecule has 4 aromatic rings. The SMILES string of the molecule is O=C(O)CCNC(=O)c1ccc(SCc2c(OC(Cn3ccnc3)c3ccccc3)ccc3c2CCCC3=O)cc1. The fourth-order valence-corrected chi connectivity index (χ4v) is 5.86. The molecule has 0 saturated carbocycles. The number of rotatable bonds is 12. The Bertz CT molecular complexity index is 1500. The van der Waals surface area contributed by atoms with E-state index in [1.165, 1.54) is 0 Å². The van der Waals surface area contributed by atoms with Gasteiger partial charge in [-0.1, -0.05) is 30.3 Å². The van der Waals surface area contributed by atoms with Crippen molar-refractivity contribution < 1.29 is 24.2 Å². The topological polar surface area (TPSA) is 111 Å². The number of carbonyl (C=O) groups is 3. The molecule has 8 nitrogen and oxygen atoms in total. The van der Waals surface area contributed by atoms with Crippen LogP contribution in [0.1, 0.15) is 62.8 Å². The number of ether oxygens (including phenoxy) is 1. The number of carbonyl (C=O) groups excluding carboxylic acids is 2. The average molecular weight is 570 g/mol. The monoisotopic (exact) mass is 569 g/mol. The Labute approximate surface area is 242 Å². The summed E-state index contributed by atoms with van der Waals surface area (Å²) in [6, 6.07) is 21.1. The minimum Gasteiger partial charge on any atom is -0.484 e. The van der Waals surface area contributed by atoms with Gasteiger partial charge in [-0.05, 0) is 60.4 Å². The van der Waals surface area contributed by atoms with Crippen LogP contribution < -0.4 is 10.1 Å². The van der Waals surface area contributed by atoms with Gasteiger partial charge in [-0.25, -0.2) is 4.98 Å². The Kier molecular flexibility index (Phi) is 9.15. The summed E-state index contributed by atoms with van der Waals surface area (Å²) < 4.78 is 8.73. The number of carboxylic acid groups (broad SMARTS) is 1. The van der Waals surface area contributed by atoms with Crippen LogP contribution in [0.15, 0.2) is 90.3 Å². The molecule has 0 radical (unpaired) electrons. The number of hydrogen-bond donors (Lipinski definition) is 2. The summed E-state index contributed by atoms with van der Waals surface area (Å²) in [5, 5.41) is 11.4. The first-order valence-electron chi connectivity index (χ1n) is 13.6. The normalized spacial score (nSPS) is 13.3. The highest BCUT2D eigenvalue weighted by Crippen LogP contribution is 2.38. The van der Waals surface area contributed by atoms with Gasteiger partial charge < -0.3 is 19.7 Å². The number of amides is 1. The van der Waals surface area contributed by atoms with Crippen molar-refractivity contribution >= 4 is 29.4 Å². The largest absolute Gasteiger partial charge is 0.484 e. The molecular weight excluding hydrogens is 538 g/mol. The van der Waals surface area contributed by atoms with Gasteiger partial charge in [0.05, 0.1) is 19.3 Å². The molecule has 0 fully saturated rings. The zero-order valence-corrected chi connectivity index (χ0v) is 23.3. The first-order valence-corrected chi connectivity index (χ1v) is 14.5. The van der Waals surface area contributed by atoms with Crippen LogP contribution in [0.4, 0.5) is 0 Å². The molecule has 210 valence electrons. The molecule has 0 aliphatic heterocycles. The second-order valence-electron chi connectivity index (χ2n) is 9.83. The van der Waals surface area contributed by atoms with Gasteiger partial charge in [0.25, 0.3) is 5.91 Å². The summed E-state index contributed by atoms with van der Waals surface area (Å²) in [5.41, 5.74) is 4.36. The zero-order valence-electron chi connectivity index (χ0n) is 22.5. The molecule has 1 unspecified atom stereocenters. The molecule has 1 aromatic heterocycles. The second kappa shape index (κ2) is 13.3. The van der Waals surface area contributed by atoms with Crippen molar-refractivity contribution in [2.75, 3.05) is 6.54 Å². The second-order valence-corrected chi connectivity index (χ2v) is 10.9. The van der Waals surface area contributed by atoms with Crippen molar-refractivity contribution in [3.8, 4) is 5.75 Å². The maximum absolute atomic E-state index is 12.8. The Balaban J connectivity index is 1.37. The third-order valence-corrected chi connectivity index (χ3v) is 8.06. The molecule has 41 heavy (non-hydrogen) atoms. The van der Waals surface area contributed by atoms with Crippen LogP contribution in [0.2, 0.25) is 0 Å². The summed E-state index contributed by atoms with van der Waals surface area (Å²) in [7, 11) is 0. The van der Waals surface area contributed by atoms with Crippen LogP contribution in [0.3, 0.4) is 0 Å². The molecule has 1 heterocycles. The third kappa shape index (κ3) is 7.24. The standard InChI is InChI=1S/C32H31N3O5S/c36-28-8-4-7-25-26(28)13-14-29(40-30(19-35-18-17-33-21-35)22-5-2-1-3-6-22)27(25)20-41-24-11-9-23(10-12-24)32(39)34-16-15-31(37)38/h1-3,5-6,9-14,17-18,21,30H,4,7-8,15-16,19-20H2,(H,34,39)(H,37,38). The highest BCUT2D eigenvalue weighted by atomic mass is 32.2. The molecule has 9 heteroatoms. The number of ketones is 1. The van der Waals surface area contributed by atoms with Gasteiger partial charge in [-0.2, -0.15) is 0 Å². The van der Waals surface area contributed by atoms with E-state index in [-0.39, 0.29) is 30.8 Å². The van der Waals surface area contributed by atoms with Crippen molar-refractivity contribution in [2.45, 2.75) is 49.0 Å². The number of fused-ring (bicyclic) bond motifs is 1. The first kappa shape index (κ1) is 28.2. The molecule has 0 bridgehead atoms. The molecule has 1 aliphatic carbocycles. The van der Waals surface area contributed by atoms with Crippen molar-refractivity contribution in [1.82, 2.24) is 14.9 Å². The van der Waals surface area contributed by atoms with E-state index >= 15 is 0 Å². The molecule has 1 amide bonds. The lowest BCUT2D eigenvalue weighted by atomic mass is 9.87. The Morgan fingerprint density at radius 2 is 1.85 bits per heavy atom. The molecule has 0 saturated heterocycles. The molecular formula is C32H31N3O5S. The lowest BCUT2D eigenvalue weighted by Gasteiger charge is -2.25. The van der Waals surface area contributed by atoms with Crippen LogP contribution in [0.25, 0.3) is 0 Å². The van der Waals surface area contributed by atoms with Crippen molar-refractivity contribution in [3.05, 3.63) is 113 Å². The average Bonchev–Trinajstić information content (AvgIpc) is 3.50. The summed E-state index contributed by atoms with van der Waals surface area (Å²) in [5.74, 6) is 0.262. The molecule has 3 aromatic carbocycles. The fourth-order valence-electron chi connectivity index (χ4n) is 4.91. The smallest absolute Gasteiger partial charge is 0.305 e. The summed E-state index contributed by atoms with van der Waals surface area (Å²) in [6.07, 6.45) is 7.25. The zero-order chi connectivity index (χ0) is 28.6. The van der Waals surface area contributed by atoms with E-state index in [2.05, 4.69) is 22.4 Å². The number of carboxylic acids is 1. The van der Waals surface area contributed by atoms with E-state index in [4.69, 9.17) is 9.84 Å². The van der Waals surface area contributed by atoms with Gasteiger partial charge in [0.15, 0.2) is 5.78 Å². The fraction of sp³-hybridized carbons (Fsp3) is 0.250. The number of thioether (sulfide) groups is 1. The van der Waals surface area contributed by atoms with E-state index in [0.717, 1.165) is 45.7 Å². The van der Waals surface area contributed by atoms with Gasteiger partial charge in [-0.3, -0.25) is 14.4 Å². The Morgan fingerprint density at radius 3 is 2.59 bits per heavy atom. The maximum Gasteiger partial charge on any atom is 0.305 e. The predicted octanol–water partition coefficient (Wildman–Crippen LogP) is 5.72. The van der Waals surface area contributed by atoms with Crippen molar-refractivity contribution in [3.63, 3.8) is 0 Å². The molecule has 0 spiro atoms. The number of nitrogens with one attached hydrogen (secondary N) is 1. The third-order valence-electron chi connectivity index (χ3n) is 7.02. The summed E-state index contributed by atoms with van der Waals surface area (Å²) >= 11 is 1.62. The lowest BCUT2D eigenvalue weighted by Crippen LogP contribution is -2.25. The van der Waals surface area contributed by atoms with Gasteiger partial charge in [0.1, 0.15) is 11.9 Å². The summed E-state index contributed by atoms with van der Waals surface area (Å²) in [6.45, 7) is 0.665. The van der Waals surface area contributed by atoms with E-state index in [0.29, 0.717) is 24.3 Å². The van der Waals surface area contributed by atoms with Crippen LogP contribution in [0.5, 0.6) is 5.75 Å². The van der Waals surface area contributed by atoms with Crippen LogP contribution in [-0.4, -0.2) is 38.9 Å². The Morgan fingerprint density at radius 1 is 1.05 bits per heavy atom. The van der Waals surface area contributed by atoms with E-state index in [1.54, 1.807) is 36.4 Å². The highest BCUT2D eigenvalue weighted by Gasteiger charge is 2.25. The van der Waals surface area contributed by atoms with E-state index in [1.807, 2.05) is 53.2 Å². The van der Waals surface area contributed by atoms with Crippen molar-refractivity contribution in [2.24, 2.45) is 0 Å². The Hall–Kier alpha value is -4.37. The van der Waals surface area contributed by atoms with E-state index < -0.39 is 5.97 Å². The predicted molar refractivity (Wildman–Crippen MR) is 156 cm³/mol. The first-order chi connectivity index (χ1) is 20.0. The maximum atomic E-state index is 12.8. The van der Waals surface area contributed by atoms with Gasteiger partial charge in [-0.15, -0.1) is 11.8 Å². The highest BCUT2D eigenvalue weighted by molar-refractivity contribution is 7.98. The number of aliphatic carboxylic acids is 1. The van der Waals surface area contributed by atoms with Gasteiger partial charge in [0.2, 0.25) is 0 Å². The van der Waals surface area contributed by atoms with Crippen molar-refractivity contribution in [1.29, 1.82) is 0 Å². The number of hydrogen-bond acceptors (Lipinski definition) is 6. The minimum absolute atomic E-state index is 0.0795. The molecule has 5 rings (SSSR count). The van der Waals surface area contributed by atoms with E-state index in [9.17, 15) is 14.4 Å². The van der Waals surface area contributed by atoms with Crippen LogP contribution in [0, 0.1) is 0 Å². The number of benzene rings is 3.